The van der Waals surface area contributed by atoms with Crippen molar-refractivity contribution in [1.29, 1.82) is 0 Å². The van der Waals surface area contributed by atoms with Crippen molar-refractivity contribution in [2.75, 3.05) is 13.2 Å². The summed E-state index contributed by atoms with van der Waals surface area (Å²) in [7, 11) is 0. The van der Waals surface area contributed by atoms with Gasteiger partial charge in [0.2, 0.25) is 0 Å². The van der Waals surface area contributed by atoms with Gasteiger partial charge in [0.1, 0.15) is 5.75 Å². The van der Waals surface area contributed by atoms with Crippen LogP contribution in [-0.2, 0) is 0 Å². The van der Waals surface area contributed by atoms with Crippen LogP contribution in [0.5, 0.6) is 5.75 Å². The minimum absolute atomic E-state index is 0.281. The SMILES string of the molecule is CCCNC(C)c1ccc(OCC)cc1Cl. The molecule has 0 bridgehead atoms. The van der Waals surface area contributed by atoms with E-state index in [0.29, 0.717) is 6.61 Å². The Kier molecular flexibility index (Phi) is 5.64. The molecule has 0 aromatic heterocycles. The maximum Gasteiger partial charge on any atom is 0.120 e. The van der Waals surface area contributed by atoms with Crippen LogP contribution in [0, 0.1) is 0 Å². The molecular weight excluding hydrogens is 222 g/mol. The molecule has 1 aromatic carbocycles. The van der Waals surface area contributed by atoms with Crippen LogP contribution in [0.4, 0.5) is 0 Å². The smallest absolute Gasteiger partial charge is 0.120 e. The van der Waals surface area contributed by atoms with Gasteiger partial charge >= 0.3 is 0 Å². The lowest BCUT2D eigenvalue weighted by Crippen LogP contribution is -2.19. The Bertz CT molecular complexity index is 328. The molecule has 2 nitrogen and oxygen atoms in total. The zero-order valence-corrected chi connectivity index (χ0v) is 11.0. The number of nitrogens with one attached hydrogen (secondary N) is 1. The molecular formula is C13H20ClNO. The van der Waals surface area contributed by atoms with Crippen molar-refractivity contribution in [3.8, 4) is 5.75 Å². The van der Waals surface area contributed by atoms with Gasteiger partial charge in [0.25, 0.3) is 0 Å². The van der Waals surface area contributed by atoms with E-state index >= 15 is 0 Å². The first kappa shape index (κ1) is 13.3. The first-order valence-corrected chi connectivity index (χ1v) is 6.22. The van der Waals surface area contributed by atoms with Crippen LogP contribution in [0.25, 0.3) is 0 Å². The zero-order valence-electron chi connectivity index (χ0n) is 10.2. The molecule has 0 amide bonds. The second kappa shape index (κ2) is 6.77. The Labute approximate surface area is 103 Å². The van der Waals surface area contributed by atoms with Gasteiger partial charge in [-0.1, -0.05) is 24.6 Å². The summed E-state index contributed by atoms with van der Waals surface area (Å²) >= 11 is 6.22. The summed E-state index contributed by atoms with van der Waals surface area (Å²) in [6, 6.07) is 6.16. The molecule has 3 heteroatoms. The minimum Gasteiger partial charge on any atom is -0.494 e. The van der Waals surface area contributed by atoms with E-state index in [1.807, 2.05) is 25.1 Å². The maximum absolute atomic E-state index is 6.22. The lowest BCUT2D eigenvalue weighted by atomic mass is 10.1. The third-order valence-corrected chi connectivity index (χ3v) is 2.78. The third kappa shape index (κ3) is 3.69. The molecule has 1 atom stereocenters. The molecule has 1 unspecified atom stereocenters. The lowest BCUT2D eigenvalue weighted by molar-refractivity contribution is 0.340. The van der Waals surface area contributed by atoms with E-state index in [4.69, 9.17) is 16.3 Å². The third-order valence-electron chi connectivity index (χ3n) is 2.45. The van der Waals surface area contributed by atoms with Gasteiger partial charge in [0, 0.05) is 11.1 Å². The van der Waals surface area contributed by atoms with E-state index in [0.717, 1.165) is 29.3 Å². The standard InChI is InChI=1S/C13H20ClNO/c1-4-8-15-10(3)12-7-6-11(16-5-2)9-13(12)14/h6-7,9-10,15H,4-5,8H2,1-3H3. The molecule has 0 saturated heterocycles. The summed E-state index contributed by atoms with van der Waals surface area (Å²) in [5.41, 5.74) is 1.12. The summed E-state index contributed by atoms with van der Waals surface area (Å²) < 4.78 is 5.40. The van der Waals surface area contributed by atoms with E-state index < -0.39 is 0 Å². The van der Waals surface area contributed by atoms with Crippen molar-refractivity contribution < 1.29 is 4.74 Å². The fourth-order valence-electron chi connectivity index (χ4n) is 1.59. The highest BCUT2D eigenvalue weighted by Gasteiger charge is 2.09. The molecule has 0 spiro atoms. The van der Waals surface area contributed by atoms with E-state index in [-0.39, 0.29) is 6.04 Å². The Hall–Kier alpha value is -0.730. The molecule has 0 aliphatic rings. The highest BCUT2D eigenvalue weighted by Crippen LogP contribution is 2.27. The van der Waals surface area contributed by atoms with Crippen LogP contribution >= 0.6 is 11.6 Å². The van der Waals surface area contributed by atoms with Crippen molar-refractivity contribution in [3.63, 3.8) is 0 Å². The van der Waals surface area contributed by atoms with Gasteiger partial charge in [0.05, 0.1) is 6.61 Å². The molecule has 0 aliphatic heterocycles. The monoisotopic (exact) mass is 241 g/mol. The van der Waals surface area contributed by atoms with Crippen LogP contribution in [0.15, 0.2) is 18.2 Å². The number of hydrogen-bond donors (Lipinski definition) is 1. The first-order valence-electron chi connectivity index (χ1n) is 5.84. The number of hydrogen-bond acceptors (Lipinski definition) is 2. The predicted molar refractivity (Wildman–Crippen MR) is 69.3 cm³/mol. The average Bonchev–Trinajstić information content (AvgIpc) is 2.26. The summed E-state index contributed by atoms with van der Waals surface area (Å²) in [6.07, 6.45) is 1.12. The van der Waals surface area contributed by atoms with Gasteiger partial charge in [-0.2, -0.15) is 0 Å². The molecule has 0 radical (unpaired) electrons. The van der Waals surface area contributed by atoms with Crippen LogP contribution in [-0.4, -0.2) is 13.2 Å². The largest absolute Gasteiger partial charge is 0.494 e. The number of ether oxygens (including phenoxy) is 1. The molecule has 0 heterocycles. The fraction of sp³-hybridized carbons (Fsp3) is 0.538. The van der Waals surface area contributed by atoms with E-state index in [1.165, 1.54) is 0 Å². The Balaban J connectivity index is 2.73. The average molecular weight is 242 g/mol. The Morgan fingerprint density at radius 1 is 1.38 bits per heavy atom. The number of rotatable bonds is 6. The van der Waals surface area contributed by atoms with Crippen LogP contribution in [0.1, 0.15) is 38.8 Å². The molecule has 0 saturated carbocycles. The summed E-state index contributed by atoms with van der Waals surface area (Å²) in [5.74, 6) is 0.832. The summed E-state index contributed by atoms with van der Waals surface area (Å²) in [6.45, 7) is 7.91. The number of benzene rings is 1. The van der Waals surface area contributed by atoms with Crippen LogP contribution in [0.3, 0.4) is 0 Å². The van der Waals surface area contributed by atoms with Gasteiger partial charge in [-0.3, -0.25) is 0 Å². The molecule has 1 aromatic rings. The molecule has 1 rings (SSSR count). The topological polar surface area (TPSA) is 21.3 Å². The minimum atomic E-state index is 0.281. The van der Waals surface area contributed by atoms with Gasteiger partial charge in [-0.05, 0) is 44.5 Å². The Morgan fingerprint density at radius 2 is 2.12 bits per heavy atom. The second-order valence-electron chi connectivity index (χ2n) is 3.79. The first-order chi connectivity index (χ1) is 7.69. The molecule has 16 heavy (non-hydrogen) atoms. The van der Waals surface area contributed by atoms with Crippen LogP contribution in [0.2, 0.25) is 5.02 Å². The predicted octanol–water partition coefficient (Wildman–Crippen LogP) is 3.80. The van der Waals surface area contributed by atoms with E-state index in [2.05, 4.69) is 19.2 Å². The molecule has 0 aliphatic carbocycles. The van der Waals surface area contributed by atoms with Crippen molar-refractivity contribution in [2.45, 2.75) is 33.2 Å². The maximum atomic E-state index is 6.22. The molecule has 0 fully saturated rings. The van der Waals surface area contributed by atoms with Gasteiger partial charge in [0.15, 0.2) is 0 Å². The normalized spacial score (nSPS) is 12.5. The summed E-state index contributed by atoms with van der Waals surface area (Å²) in [4.78, 5) is 0. The highest BCUT2D eigenvalue weighted by atomic mass is 35.5. The van der Waals surface area contributed by atoms with Gasteiger partial charge in [-0.25, -0.2) is 0 Å². The zero-order chi connectivity index (χ0) is 12.0. The van der Waals surface area contributed by atoms with Crippen molar-refractivity contribution in [2.24, 2.45) is 0 Å². The number of halogens is 1. The Morgan fingerprint density at radius 3 is 2.69 bits per heavy atom. The second-order valence-corrected chi connectivity index (χ2v) is 4.20. The van der Waals surface area contributed by atoms with Crippen molar-refractivity contribution >= 4 is 11.6 Å². The quantitative estimate of drug-likeness (QED) is 0.818. The molecule has 90 valence electrons. The lowest BCUT2D eigenvalue weighted by Gasteiger charge is -2.16. The van der Waals surface area contributed by atoms with Gasteiger partial charge in [-0.15, -0.1) is 0 Å². The fourth-order valence-corrected chi connectivity index (χ4v) is 1.92. The summed E-state index contributed by atoms with van der Waals surface area (Å²) in [5, 5.41) is 4.18. The van der Waals surface area contributed by atoms with Crippen molar-refractivity contribution in [3.05, 3.63) is 28.8 Å². The molecule has 1 N–H and O–H groups in total. The van der Waals surface area contributed by atoms with E-state index in [9.17, 15) is 0 Å². The van der Waals surface area contributed by atoms with Crippen molar-refractivity contribution in [1.82, 2.24) is 5.32 Å². The van der Waals surface area contributed by atoms with E-state index in [1.54, 1.807) is 0 Å². The van der Waals surface area contributed by atoms with Gasteiger partial charge < -0.3 is 10.1 Å². The van der Waals surface area contributed by atoms with Crippen LogP contribution < -0.4 is 10.1 Å². The highest BCUT2D eigenvalue weighted by molar-refractivity contribution is 6.31.